The largest absolute Gasteiger partial charge is 0.485 e. The predicted molar refractivity (Wildman–Crippen MR) is 68.0 cm³/mol. The molecule has 1 aromatic carbocycles. The van der Waals surface area contributed by atoms with Crippen molar-refractivity contribution < 1.29 is 4.74 Å². The van der Waals surface area contributed by atoms with Crippen molar-refractivity contribution >= 4 is 0 Å². The molecule has 1 aromatic heterocycles. The van der Waals surface area contributed by atoms with Crippen molar-refractivity contribution in [2.24, 2.45) is 5.73 Å². The van der Waals surface area contributed by atoms with E-state index in [9.17, 15) is 0 Å². The number of para-hydroxylation sites is 1. The highest BCUT2D eigenvalue weighted by Gasteiger charge is 2.04. The Bertz CT molecular complexity index is 542. The molecule has 0 aliphatic carbocycles. The summed E-state index contributed by atoms with van der Waals surface area (Å²) < 4.78 is 5.68. The van der Waals surface area contributed by atoms with Crippen LogP contribution in [0.5, 0.6) is 5.75 Å². The van der Waals surface area contributed by atoms with E-state index in [-0.39, 0.29) is 0 Å². The molecule has 0 aliphatic heterocycles. The zero-order valence-corrected chi connectivity index (χ0v) is 10.6. The summed E-state index contributed by atoms with van der Waals surface area (Å²) in [6, 6.07) is 7.83. The Morgan fingerprint density at radius 2 is 1.78 bits per heavy atom. The summed E-state index contributed by atoms with van der Waals surface area (Å²) in [6.45, 7) is 4.44. The van der Waals surface area contributed by atoms with Gasteiger partial charge in [-0.3, -0.25) is 0 Å². The molecule has 5 nitrogen and oxygen atoms in total. The van der Waals surface area contributed by atoms with Gasteiger partial charge in [-0.2, -0.15) is 0 Å². The Morgan fingerprint density at radius 3 is 2.50 bits per heavy atom. The van der Waals surface area contributed by atoms with Gasteiger partial charge in [0.25, 0.3) is 0 Å². The highest BCUT2D eigenvalue weighted by Crippen LogP contribution is 2.17. The lowest BCUT2D eigenvalue weighted by molar-refractivity contribution is 0.292. The third-order valence-electron chi connectivity index (χ3n) is 2.47. The fourth-order valence-electron chi connectivity index (χ4n) is 1.61. The first-order valence-electron chi connectivity index (χ1n) is 5.78. The first kappa shape index (κ1) is 12.4. The van der Waals surface area contributed by atoms with Gasteiger partial charge in [-0.15, -0.1) is 0 Å². The van der Waals surface area contributed by atoms with Gasteiger partial charge < -0.3 is 10.5 Å². The molecule has 2 rings (SSSR count). The molecule has 0 amide bonds. The van der Waals surface area contributed by atoms with E-state index in [1.807, 2.05) is 38.1 Å². The van der Waals surface area contributed by atoms with E-state index in [1.54, 1.807) is 0 Å². The van der Waals surface area contributed by atoms with Crippen molar-refractivity contribution in [1.82, 2.24) is 15.0 Å². The molecule has 0 bridgehead atoms. The van der Waals surface area contributed by atoms with Crippen LogP contribution in [0.1, 0.15) is 23.0 Å². The topological polar surface area (TPSA) is 73.9 Å². The van der Waals surface area contributed by atoms with Crippen LogP contribution in [0, 0.1) is 13.8 Å². The van der Waals surface area contributed by atoms with Crippen LogP contribution < -0.4 is 10.5 Å². The number of benzene rings is 1. The van der Waals surface area contributed by atoms with Crippen molar-refractivity contribution in [2.75, 3.05) is 0 Å². The van der Waals surface area contributed by atoms with Gasteiger partial charge in [0.1, 0.15) is 24.0 Å². The average molecular weight is 244 g/mol. The molecule has 0 saturated carbocycles. The summed E-state index contributed by atoms with van der Waals surface area (Å²) >= 11 is 0. The lowest BCUT2D eigenvalue weighted by Crippen LogP contribution is -2.11. The summed E-state index contributed by atoms with van der Waals surface area (Å²) in [5.41, 5.74) is 6.61. The van der Waals surface area contributed by atoms with Crippen LogP contribution in [-0.4, -0.2) is 15.0 Å². The Morgan fingerprint density at radius 1 is 1.06 bits per heavy atom. The van der Waals surface area contributed by atoms with E-state index < -0.39 is 0 Å². The molecule has 0 fully saturated rings. The van der Waals surface area contributed by atoms with Crippen LogP contribution >= 0.6 is 0 Å². The van der Waals surface area contributed by atoms with Crippen molar-refractivity contribution in [3.8, 4) is 5.75 Å². The fraction of sp³-hybridized carbons (Fsp3) is 0.308. The molecule has 0 radical (unpaired) electrons. The van der Waals surface area contributed by atoms with E-state index in [1.165, 1.54) is 0 Å². The van der Waals surface area contributed by atoms with Gasteiger partial charge in [-0.25, -0.2) is 15.0 Å². The maximum absolute atomic E-state index is 5.68. The van der Waals surface area contributed by atoms with Crippen molar-refractivity contribution in [3.05, 3.63) is 47.3 Å². The lowest BCUT2D eigenvalue weighted by Gasteiger charge is -2.08. The van der Waals surface area contributed by atoms with Crippen molar-refractivity contribution in [3.63, 3.8) is 0 Å². The van der Waals surface area contributed by atoms with Crippen LogP contribution in [0.25, 0.3) is 0 Å². The molecular formula is C13H16N4O. The smallest absolute Gasteiger partial charge is 0.170 e. The summed E-state index contributed by atoms with van der Waals surface area (Å²) in [5, 5.41) is 0. The number of nitrogens with zero attached hydrogens (tertiary/aromatic N) is 3. The minimum absolute atomic E-state index is 0.306. The van der Waals surface area contributed by atoms with Gasteiger partial charge in [-0.05, 0) is 25.5 Å². The second kappa shape index (κ2) is 5.55. The average Bonchev–Trinajstić information content (AvgIpc) is 2.37. The molecule has 0 spiro atoms. The van der Waals surface area contributed by atoms with Gasteiger partial charge in [0.15, 0.2) is 5.82 Å². The van der Waals surface area contributed by atoms with E-state index in [0.717, 1.165) is 11.3 Å². The third-order valence-corrected chi connectivity index (χ3v) is 2.47. The van der Waals surface area contributed by atoms with Gasteiger partial charge in [0, 0.05) is 0 Å². The highest BCUT2D eigenvalue weighted by molar-refractivity contribution is 5.31. The lowest BCUT2D eigenvalue weighted by atomic mass is 10.2. The Hall–Kier alpha value is -2.01. The molecule has 2 aromatic rings. The van der Waals surface area contributed by atoms with Crippen LogP contribution in [-0.2, 0) is 13.2 Å². The second-order valence-electron chi connectivity index (χ2n) is 3.97. The molecule has 5 heteroatoms. The summed E-state index contributed by atoms with van der Waals surface area (Å²) in [5.74, 6) is 2.69. The number of aromatic nitrogens is 3. The number of hydrogen-bond donors (Lipinski definition) is 1. The van der Waals surface area contributed by atoms with E-state index >= 15 is 0 Å². The number of ether oxygens (including phenoxy) is 1. The predicted octanol–water partition coefficient (Wildman–Crippen LogP) is 1.53. The van der Waals surface area contributed by atoms with Crippen molar-refractivity contribution in [2.45, 2.75) is 27.0 Å². The van der Waals surface area contributed by atoms with Crippen LogP contribution in [0.2, 0.25) is 0 Å². The molecular weight excluding hydrogens is 228 g/mol. The molecule has 0 aliphatic rings. The minimum atomic E-state index is 0.306. The maximum Gasteiger partial charge on any atom is 0.170 e. The zero-order chi connectivity index (χ0) is 13.0. The van der Waals surface area contributed by atoms with E-state index in [0.29, 0.717) is 30.6 Å². The molecule has 1 heterocycles. The zero-order valence-electron chi connectivity index (χ0n) is 10.6. The number of aryl methyl sites for hydroxylation is 2. The second-order valence-corrected chi connectivity index (χ2v) is 3.97. The van der Waals surface area contributed by atoms with Gasteiger partial charge in [0.05, 0.1) is 6.54 Å². The summed E-state index contributed by atoms with van der Waals surface area (Å²) in [7, 11) is 0. The number of rotatable bonds is 4. The Labute approximate surface area is 106 Å². The standard InChI is InChI=1S/C13H16N4O/c1-9-5-3-4-6-11(9)18-8-13-16-10(2)15-12(7-14)17-13/h3-6H,7-8,14H2,1-2H3. The maximum atomic E-state index is 5.68. The van der Waals surface area contributed by atoms with Crippen molar-refractivity contribution in [1.29, 1.82) is 0 Å². The molecule has 0 atom stereocenters. The molecule has 94 valence electrons. The summed E-state index contributed by atoms with van der Waals surface area (Å²) in [4.78, 5) is 12.6. The Balaban J connectivity index is 2.11. The number of nitrogens with two attached hydrogens (primary N) is 1. The fourth-order valence-corrected chi connectivity index (χ4v) is 1.61. The molecule has 0 unspecified atom stereocenters. The normalized spacial score (nSPS) is 10.4. The van der Waals surface area contributed by atoms with Gasteiger partial charge >= 0.3 is 0 Å². The molecule has 0 saturated heterocycles. The first-order valence-corrected chi connectivity index (χ1v) is 5.78. The first-order chi connectivity index (χ1) is 8.69. The van der Waals surface area contributed by atoms with Crippen LogP contribution in [0.4, 0.5) is 0 Å². The van der Waals surface area contributed by atoms with Gasteiger partial charge in [-0.1, -0.05) is 18.2 Å². The van der Waals surface area contributed by atoms with E-state index in [4.69, 9.17) is 10.5 Å². The molecule has 18 heavy (non-hydrogen) atoms. The molecule has 2 N–H and O–H groups in total. The van der Waals surface area contributed by atoms with E-state index in [2.05, 4.69) is 15.0 Å². The number of hydrogen-bond acceptors (Lipinski definition) is 5. The monoisotopic (exact) mass is 244 g/mol. The summed E-state index contributed by atoms with van der Waals surface area (Å²) in [6.07, 6.45) is 0. The SMILES string of the molecule is Cc1nc(CN)nc(COc2ccccc2C)n1. The van der Waals surface area contributed by atoms with Crippen LogP contribution in [0.15, 0.2) is 24.3 Å². The quantitative estimate of drug-likeness (QED) is 0.882. The highest BCUT2D eigenvalue weighted by atomic mass is 16.5. The van der Waals surface area contributed by atoms with Crippen LogP contribution in [0.3, 0.4) is 0 Å². The van der Waals surface area contributed by atoms with Gasteiger partial charge in [0.2, 0.25) is 0 Å². The Kier molecular flexibility index (Phi) is 3.84. The minimum Gasteiger partial charge on any atom is -0.485 e. The third kappa shape index (κ3) is 3.01.